The van der Waals surface area contributed by atoms with Gasteiger partial charge in [0, 0.05) is 0 Å². The summed E-state index contributed by atoms with van der Waals surface area (Å²) >= 11 is 1.34. The zero-order valence-electron chi connectivity index (χ0n) is 15.3. The van der Waals surface area contributed by atoms with Gasteiger partial charge in [0.2, 0.25) is 5.91 Å². The lowest BCUT2D eigenvalue weighted by atomic mass is 10.1. The van der Waals surface area contributed by atoms with Crippen LogP contribution in [0, 0.1) is 5.92 Å². The Bertz CT molecular complexity index is 1020. The van der Waals surface area contributed by atoms with Crippen LogP contribution in [-0.2, 0) is 14.9 Å². The van der Waals surface area contributed by atoms with E-state index >= 15 is 0 Å². The standard InChI is InChI=1S/C19H19N3O4S2/c1-13(2)17-18(23)21-19(27-17)22-20-12-14-7-6-8-15(11-14)26-28(24,25)16-9-4-3-5-10-16/h3-13,17H,1-2H3,(H,21,22,23). The van der Waals surface area contributed by atoms with E-state index in [0.717, 1.165) is 0 Å². The molecule has 0 aromatic heterocycles. The normalized spacial score (nSPS) is 18.8. The van der Waals surface area contributed by atoms with E-state index in [0.29, 0.717) is 10.7 Å². The van der Waals surface area contributed by atoms with E-state index < -0.39 is 10.1 Å². The molecule has 146 valence electrons. The van der Waals surface area contributed by atoms with E-state index in [-0.39, 0.29) is 27.7 Å². The molecule has 7 nitrogen and oxygen atoms in total. The minimum atomic E-state index is -3.91. The average molecular weight is 418 g/mol. The smallest absolute Gasteiger partial charge is 0.339 e. The molecule has 9 heteroatoms. The summed E-state index contributed by atoms with van der Waals surface area (Å²) in [6.07, 6.45) is 1.46. The molecule has 1 aliphatic heterocycles. The molecule has 0 aliphatic carbocycles. The van der Waals surface area contributed by atoms with Crippen LogP contribution in [0.5, 0.6) is 5.75 Å². The van der Waals surface area contributed by atoms with Gasteiger partial charge in [-0.15, -0.1) is 5.10 Å². The van der Waals surface area contributed by atoms with Crippen molar-refractivity contribution in [2.24, 2.45) is 16.1 Å². The summed E-state index contributed by atoms with van der Waals surface area (Å²) in [5, 5.41) is 10.9. The SMILES string of the molecule is CC(C)C1SC(=NN=Cc2cccc(OS(=O)(=O)c3ccccc3)c2)NC1=O. The molecule has 1 atom stereocenters. The molecule has 1 heterocycles. The van der Waals surface area contributed by atoms with Gasteiger partial charge in [0.1, 0.15) is 10.6 Å². The van der Waals surface area contributed by atoms with Crippen LogP contribution in [0.25, 0.3) is 0 Å². The predicted molar refractivity (Wildman–Crippen MR) is 110 cm³/mol. The number of benzene rings is 2. The summed E-state index contributed by atoms with van der Waals surface area (Å²) in [6.45, 7) is 3.94. The molecule has 28 heavy (non-hydrogen) atoms. The van der Waals surface area contributed by atoms with Crippen molar-refractivity contribution in [3.8, 4) is 5.75 Å². The van der Waals surface area contributed by atoms with Crippen molar-refractivity contribution in [1.29, 1.82) is 0 Å². The molecule has 2 aromatic carbocycles. The third-order valence-electron chi connectivity index (χ3n) is 3.78. The van der Waals surface area contributed by atoms with E-state index in [9.17, 15) is 13.2 Å². The van der Waals surface area contributed by atoms with Crippen molar-refractivity contribution in [3.63, 3.8) is 0 Å². The molecule has 0 saturated carbocycles. The Labute approximate surface area is 168 Å². The average Bonchev–Trinajstić information content (AvgIpc) is 3.03. The third-order valence-corrected chi connectivity index (χ3v) is 6.46. The number of hydrogen-bond acceptors (Lipinski definition) is 7. The minimum Gasteiger partial charge on any atom is -0.379 e. The van der Waals surface area contributed by atoms with Gasteiger partial charge in [-0.2, -0.15) is 13.5 Å². The summed E-state index contributed by atoms with van der Waals surface area (Å²) in [6, 6.07) is 14.4. The molecule has 1 N–H and O–H groups in total. The second-order valence-corrected chi connectivity index (χ2v) is 9.02. The van der Waals surface area contributed by atoms with Gasteiger partial charge in [-0.3, -0.25) is 4.79 Å². The molecular weight excluding hydrogens is 398 g/mol. The fraction of sp³-hybridized carbons (Fsp3) is 0.211. The summed E-state index contributed by atoms with van der Waals surface area (Å²) < 4.78 is 29.8. The number of thioether (sulfide) groups is 1. The fourth-order valence-corrected chi connectivity index (χ4v) is 4.30. The molecule has 0 spiro atoms. The summed E-state index contributed by atoms with van der Waals surface area (Å²) in [5.41, 5.74) is 0.611. The van der Waals surface area contributed by atoms with E-state index in [1.54, 1.807) is 42.5 Å². The molecule has 1 unspecified atom stereocenters. The molecule has 0 radical (unpaired) electrons. The van der Waals surface area contributed by atoms with Crippen LogP contribution in [0.3, 0.4) is 0 Å². The maximum atomic E-state index is 12.3. The zero-order valence-corrected chi connectivity index (χ0v) is 16.9. The highest BCUT2D eigenvalue weighted by Crippen LogP contribution is 2.25. The topological polar surface area (TPSA) is 97.2 Å². The van der Waals surface area contributed by atoms with Crippen LogP contribution in [0.1, 0.15) is 19.4 Å². The number of amides is 1. The summed E-state index contributed by atoms with van der Waals surface area (Å²) in [4.78, 5) is 11.9. The number of amidine groups is 1. The van der Waals surface area contributed by atoms with Crippen molar-refractivity contribution in [1.82, 2.24) is 5.32 Å². The Hall–Kier alpha value is -2.65. The highest BCUT2D eigenvalue weighted by Gasteiger charge is 2.32. The minimum absolute atomic E-state index is 0.0736. The van der Waals surface area contributed by atoms with Crippen LogP contribution >= 0.6 is 11.8 Å². The number of carbonyl (C=O) groups excluding carboxylic acids is 1. The van der Waals surface area contributed by atoms with Crippen LogP contribution in [0.2, 0.25) is 0 Å². The number of rotatable bonds is 6. The molecule has 1 amide bonds. The molecular formula is C19H19N3O4S2. The number of nitrogens with zero attached hydrogens (tertiary/aromatic N) is 2. The maximum Gasteiger partial charge on any atom is 0.339 e. The van der Waals surface area contributed by atoms with E-state index in [1.165, 1.54) is 30.1 Å². The first-order valence-electron chi connectivity index (χ1n) is 8.53. The van der Waals surface area contributed by atoms with Crippen molar-refractivity contribution >= 4 is 39.2 Å². The number of carbonyl (C=O) groups is 1. The van der Waals surface area contributed by atoms with Gasteiger partial charge in [0.15, 0.2) is 5.17 Å². The Balaban J connectivity index is 1.70. The maximum absolute atomic E-state index is 12.3. The van der Waals surface area contributed by atoms with Gasteiger partial charge in [0.05, 0.1) is 11.5 Å². The second-order valence-electron chi connectivity index (χ2n) is 6.34. The van der Waals surface area contributed by atoms with Crippen LogP contribution in [0.15, 0.2) is 69.7 Å². The lowest BCUT2D eigenvalue weighted by Crippen LogP contribution is -2.27. The molecule has 0 bridgehead atoms. The summed E-state index contributed by atoms with van der Waals surface area (Å²) in [5.74, 6) is 0.293. The third kappa shape index (κ3) is 4.99. The Kier molecular flexibility index (Phi) is 6.15. The van der Waals surface area contributed by atoms with Crippen molar-refractivity contribution in [2.45, 2.75) is 24.0 Å². The van der Waals surface area contributed by atoms with Crippen molar-refractivity contribution in [2.75, 3.05) is 0 Å². The largest absolute Gasteiger partial charge is 0.379 e. The first kappa shape index (κ1) is 20.1. The number of hydrogen-bond donors (Lipinski definition) is 1. The Morgan fingerprint density at radius 3 is 2.57 bits per heavy atom. The first-order valence-corrected chi connectivity index (χ1v) is 10.8. The van der Waals surface area contributed by atoms with Crippen LogP contribution < -0.4 is 9.50 Å². The Morgan fingerprint density at radius 2 is 1.89 bits per heavy atom. The van der Waals surface area contributed by atoms with Gasteiger partial charge in [-0.1, -0.05) is 55.9 Å². The van der Waals surface area contributed by atoms with Gasteiger partial charge >= 0.3 is 10.1 Å². The molecule has 2 aromatic rings. The number of nitrogens with one attached hydrogen (secondary N) is 1. The van der Waals surface area contributed by atoms with Crippen LogP contribution in [-0.4, -0.2) is 31.0 Å². The highest BCUT2D eigenvalue weighted by molar-refractivity contribution is 8.15. The zero-order chi connectivity index (χ0) is 20.1. The van der Waals surface area contributed by atoms with Crippen molar-refractivity contribution < 1.29 is 17.4 Å². The lowest BCUT2D eigenvalue weighted by molar-refractivity contribution is -0.119. The second kappa shape index (κ2) is 8.57. The van der Waals surface area contributed by atoms with E-state index in [4.69, 9.17) is 4.18 Å². The quantitative estimate of drug-likeness (QED) is 0.443. The summed E-state index contributed by atoms with van der Waals surface area (Å²) in [7, 11) is -3.91. The fourth-order valence-electron chi connectivity index (χ4n) is 2.42. The highest BCUT2D eigenvalue weighted by atomic mass is 32.2. The van der Waals surface area contributed by atoms with Crippen LogP contribution in [0.4, 0.5) is 0 Å². The van der Waals surface area contributed by atoms with E-state index in [1.807, 2.05) is 13.8 Å². The molecule has 1 aliphatic rings. The van der Waals surface area contributed by atoms with E-state index in [2.05, 4.69) is 15.5 Å². The van der Waals surface area contributed by atoms with Gasteiger partial charge in [-0.05, 0) is 35.7 Å². The Morgan fingerprint density at radius 1 is 1.14 bits per heavy atom. The van der Waals surface area contributed by atoms with Gasteiger partial charge in [0.25, 0.3) is 0 Å². The van der Waals surface area contributed by atoms with Gasteiger partial charge < -0.3 is 9.50 Å². The monoisotopic (exact) mass is 417 g/mol. The molecule has 1 saturated heterocycles. The first-order chi connectivity index (χ1) is 13.3. The lowest BCUT2D eigenvalue weighted by Gasteiger charge is -2.07. The van der Waals surface area contributed by atoms with Gasteiger partial charge in [-0.25, -0.2) is 0 Å². The molecule has 1 fully saturated rings. The molecule has 3 rings (SSSR count). The predicted octanol–water partition coefficient (Wildman–Crippen LogP) is 3.03. The van der Waals surface area contributed by atoms with Crippen molar-refractivity contribution in [3.05, 3.63) is 60.2 Å².